The van der Waals surface area contributed by atoms with Gasteiger partial charge in [0, 0.05) is 6.54 Å². The van der Waals surface area contributed by atoms with Crippen LogP contribution in [0.4, 0.5) is 4.79 Å². The molecule has 0 unspecified atom stereocenters. The van der Waals surface area contributed by atoms with Crippen LogP contribution in [0.2, 0.25) is 0 Å². The van der Waals surface area contributed by atoms with Gasteiger partial charge in [0.2, 0.25) is 5.91 Å². The van der Waals surface area contributed by atoms with E-state index in [1.165, 1.54) is 19.3 Å². The average molecular weight is 241 g/mol. The topological polar surface area (TPSA) is 84.2 Å². The van der Waals surface area contributed by atoms with Crippen LogP contribution in [0.5, 0.6) is 0 Å². The van der Waals surface area contributed by atoms with Crippen LogP contribution in [-0.2, 0) is 4.79 Å². The Morgan fingerprint density at radius 2 is 1.94 bits per heavy atom. The Kier molecular flexibility index (Phi) is 5.80. The Bertz CT molecular complexity index is 262. The maximum absolute atomic E-state index is 11.4. The Hall–Kier alpha value is -1.26. The van der Waals surface area contributed by atoms with E-state index in [0.717, 1.165) is 12.8 Å². The largest absolute Gasteiger partial charge is 0.368 e. The third-order valence-corrected chi connectivity index (χ3v) is 3.28. The molecular formula is C12H23N3O2. The van der Waals surface area contributed by atoms with Gasteiger partial charge in [-0.1, -0.05) is 32.1 Å². The predicted molar refractivity (Wildman–Crippen MR) is 66.4 cm³/mol. The molecule has 17 heavy (non-hydrogen) atoms. The molecule has 1 fully saturated rings. The molecule has 0 spiro atoms. The van der Waals surface area contributed by atoms with Gasteiger partial charge < -0.3 is 16.4 Å². The van der Waals surface area contributed by atoms with E-state index in [1.807, 2.05) is 6.92 Å². The van der Waals surface area contributed by atoms with E-state index >= 15 is 0 Å². The van der Waals surface area contributed by atoms with E-state index in [4.69, 9.17) is 5.73 Å². The lowest BCUT2D eigenvalue weighted by Crippen LogP contribution is -2.49. The predicted octanol–water partition coefficient (Wildman–Crippen LogP) is 1.13. The highest BCUT2D eigenvalue weighted by molar-refractivity contribution is 5.85. The molecule has 0 aromatic rings. The maximum atomic E-state index is 11.4. The van der Waals surface area contributed by atoms with Crippen molar-refractivity contribution in [3.63, 3.8) is 0 Å². The molecule has 0 bridgehead atoms. The average Bonchev–Trinajstić information content (AvgIpc) is 2.29. The third-order valence-electron chi connectivity index (χ3n) is 3.28. The molecule has 1 aliphatic rings. The summed E-state index contributed by atoms with van der Waals surface area (Å²) in [6, 6.07) is -0.850. The number of hydrogen-bond acceptors (Lipinski definition) is 2. The third kappa shape index (κ3) is 5.06. The fourth-order valence-corrected chi connectivity index (χ4v) is 2.37. The van der Waals surface area contributed by atoms with Crippen LogP contribution >= 0.6 is 0 Å². The van der Waals surface area contributed by atoms with Gasteiger partial charge in [-0.05, 0) is 19.3 Å². The molecule has 98 valence electrons. The van der Waals surface area contributed by atoms with E-state index in [1.54, 1.807) is 0 Å². The Morgan fingerprint density at radius 3 is 2.47 bits per heavy atom. The quantitative estimate of drug-likeness (QED) is 0.674. The minimum Gasteiger partial charge on any atom is -0.368 e. The van der Waals surface area contributed by atoms with E-state index < -0.39 is 11.9 Å². The molecule has 0 aromatic carbocycles. The summed E-state index contributed by atoms with van der Waals surface area (Å²) < 4.78 is 0. The first-order valence-corrected chi connectivity index (χ1v) is 6.47. The van der Waals surface area contributed by atoms with Crippen LogP contribution in [0, 0.1) is 5.92 Å². The molecule has 0 aromatic heterocycles. The molecule has 1 rings (SSSR count). The minimum atomic E-state index is -0.537. The van der Waals surface area contributed by atoms with Crippen molar-refractivity contribution in [3.05, 3.63) is 0 Å². The number of hydrogen-bond donors (Lipinski definition) is 3. The van der Waals surface area contributed by atoms with Gasteiger partial charge in [0.25, 0.3) is 0 Å². The number of carbonyl (C=O) groups is 2. The molecule has 0 radical (unpaired) electrons. The number of amides is 3. The summed E-state index contributed by atoms with van der Waals surface area (Å²) in [6.45, 7) is 2.38. The van der Waals surface area contributed by atoms with Crippen molar-refractivity contribution < 1.29 is 9.59 Å². The Labute approximate surface area is 103 Å². The van der Waals surface area contributed by atoms with E-state index in [-0.39, 0.29) is 6.03 Å². The standard InChI is InChI=1S/C12H23N3O2/c1-2-14-12(17)15-10(11(13)16)8-9-6-4-3-5-7-9/h9-10H,2-8H2,1H3,(H2,13,16)(H2,14,15,17)/t10-/m1/s1. The number of urea groups is 1. The van der Waals surface area contributed by atoms with Gasteiger partial charge in [0.05, 0.1) is 0 Å². The highest BCUT2D eigenvalue weighted by Gasteiger charge is 2.23. The van der Waals surface area contributed by atoms with Gasteiger partial charge >= 0.3 is 6.03 Å². The van der Waals surface area contributed by atoms with Crippen molar-refractivity contribution in [2.45, 2.75) is 51.5 Å². The monoisotopic (exact) mass is 241 g/mol. The van der Waals surface area contributed by atoms with Crippen molar-refractivity contribution in [1.29, 1.82) is 0 Å². The number of carbonyl (C=O) groups excluding carboxylic acids is 2. The second-order valence-corrected chi connectivity index (χ2v) is 4.70. The molecule has 3 amide bonds. The van der Waals surface area contributed by atoms with Gasteiger partial charge in [0.15, 0.2) is 0 Å². The minimum absolute atomic E-state index is 0.313. The molecule has 5 nitrogen and oxygen atoms in total. The summed E-state index contributed by atoms with van der Waals surface area (Å²) in [5.41, 5.74) is 5.32. The summed E-state index contributed by atoms with van der Waals surface area (Å²) >= 11 is 0. The summed E-state index contributed by atoms with van der Waals surface area (Å²) in [5, 5.41) is 5.25. The molecule has 0 aliphatic heterocycles. The van der Waals surface area contributed by atoms with Gasteiger partial charge in [0.1, 0.15) is 6.04 Å². The lowest BCUT2D eigenvalue weighted by molar-refractivity contribution is -0.120. The van der Waals surface area contributed by atoms with Crippen LogP contribution in [0.3, 0.4) is 0 Å². The first-order chi connectivity index (χ1) is 8.13. The first-order valence-electron chi connectivity index (χ1n) is 6.47. The normalized spacial score (nSPS) is 18.4. The van der Waals surface area contributed by atoms with Crippen LogP contribution < -0.4 is 16.4 Å². The van der Waals surface area contributed by atoms with Crippen molar-refractivity contribution in [1.82, 2.24) is 10.6 Å². The molecule has 5 heteroatoms. The van der Waals surface area contributed by atoms with E-state index in [2.05, 4.69) is 10.6 Å². The Morgan fingerprint density at radius 1 is 1.29 bits per heavy atom. The van der Waals surface area contributed by atoms with Crippen LogP contribution in [0.25, 0.3) is 0 Å². The Balaban J connectivity index is 2.41. The molecule has 1 aliphatic carbocycles. The number of nitrogens with one attached hydrogen (secondary N) is 2. The number of primary amides is 1. The van der Waals surface area contributed by atoms with Crippen molar-refractivity contribution in [2.24, 2.45) is 11.7 Å². The lowest BCUT2D eigenvalue weighted by atomic mass is 9.84. The highest BCUT2D eigenvalue weighted by atomic mass is 16.2. The van der Waals surface area contributed by atoms with E-state index in [0.29, 0.717) is 18.9 Å². The van der Waals surface area contributed by atoms with E-state index in [9.17, 15) is 9.59 Å². The summed E-state index contributed by atoms with van der Waals surface area (Å²) in [7, 11) is 0. The maximum Gasteiger partial charge on any atom is 0.315 e. The van der Waals surface area contributed by atoms with Crippen molar-refractivity contribution >= 4 is 11.9 Å². The second-order valence-electron chi connectivity index (χ2n) is 4.70. The SMILES string of the molecule is CCNC(=O)N[C@H](CC1CCCCC1)C(N)=O. The van der Waals surface area contributed by atoms with Crippen LogP contribution in [0.15, 0.2) is 0 Å². The zero-order valence-corrected chi connectivity index (χ0v) is 10.5. The molecule has 1 atom stereocenters. The highest BCUT2D eigenvalue weighted by Crippen LogP contribution is 2.27. The zero-order chi connectivity index (χ0) is 12.7. The number of nitrogens with two attached hydrogens (primary N) is 1. The van der Waals surface area contributed by atoms with Crippen LogP contribution in [-0.4, -0.2) is 24.5 Å². The summed E-state index contributed by atoms with van der Waals surface area (Å²) in [6.07, 6.45) is 6.67. The molecule has 0 saturated heterocycles. The smallest absolute Gasteiger partial charge is 0.315 e. The molecule has 1 saturated carbocycles. The summed E-state index contributed by atoms with van der Waals surface area (Å²) in [5.74, 6) is 0.0741. The van der Waals surface area contributed by atoms with Gasteiger partial charge in [-0.3, -0.25) is 4.79 Å². The van der Waals surface area contributed by atoms with Crippen LogP contribution in [0.1, 0.15) is 45.4 Å². The summed E-state index contributed by atoms with van der Waals surface area (Å²) in [4.78, 5) is 22.7. The lowest BCUT2D eigenvalue weighted by Gasteiger charge is -2.25. The molecule has 4 N–H and O–H groups in total. The molecular weight excluding hydrogens is 218 g/mol. The number of rotatable bonds is 5. The van der Waals surface area contributed by atoms with Crippen molar-refractivity contribution in [2.75, 3.05) is 6.54 Å². The first kappa shape index (κ1) is 13.8. The van der Waals surface area contributed by atoms with Gasteiger partial charge in [-0.25, -0.2) is 4.79 Å². The van der Waals surface area contributed by atoms with Crippen molar-refractivity contribution in [3.8, 4) is 0 Å². The fraction of sp³-hybridized carbons (Fsp3) is 0.833. The second kappa shape index (κ2) is 7.14. The van der Waals surface area contributed by atoms with Gasteiger partial charge in [-0.2, -0.15) is 0 Å². The molecule has 0 heterocycles. The van der Waals surface area contributed by atoms with Gasteiger partial charge in [-0.15, -0.1) is 0 Å². The zero-order valence-electron chi connectivity index (χ0n) is 10.5. The fourth-order valence-electron chi connectivity index (χ4n) is 2.37.